The van der Waals surface area contributed by atoms with Gasteiger partial charge in [-0.3, -0.25) is 14.9 Å². The molecular weight excluding hydrogens is 284 g/mol. The lowest BCUT2D eigenvalue weighted by molar-refractivity contribution is -0.141. The van der Waals surface area contributed by atoms with Crippen LogP contribution in [-0.4, -0.2) is 46.6 Å². The van der Waals surface area contributed by atoms with E-state index in [4.69, 9.17) is 0 Å². The Balaban J connectivity index is 2.46. The molecule has 1 saturated heterocycles. The average molecular weight is 300 g/mol. The predicted molar refractivity (Wildman–Crippen MR) is 69.1 cm³/mol. The lowest BCUT2D eigenvalue weighted by Gasteiger charge is -2.38. The Kier molecular flexibility index (Phi) is 3.42. The molecule has 2 heterocycles. The van der Waals surface area contributed by atoms with Crippen molar-refractivity contribution in [2.24, 2.45) is 0 Å². The largest absolute Gasteiger partial charge is 0.332 e. The van der Waals surface area contributed by atoms with Crippen molar-refractivity contribution in [1.29, 1.82) is 0 Å². The summed E-state index contributed by atoms with van der Waals surface area (Å²) in [7, 11) is -3.99. The Morgan fingerprint density at radius 3 is 2.60 bits per heavy atom. The van der Waals surface area contributed by atoms with Gasteiger partial charge in [0.1, 0.15) is 11.4 Å². The van der Waals surface area contributed by atoms with Crippen molar-refractivity contribution in [2.75, 3.05) is 6.54 Å². The average Bonchev–Trinajstić information content (AvgIpc) is 2.83. The first-order valence-electron chi connectivity index (χ1n) is 6.10. The first kappa shape index (κ1) is 14.7. The van der Waals surface area contributed by atoms with Gasteiger partial charge in [-0.1, -0.05) is 6.92 Å². The van der Waals surface area contributed by atoms with E-state index in [2.05, 4.69) is 15.3 Å². The number of nitrogens with one attached hydrogen (secondary N) is 2. The number of hydrogen-bond acceptors (Lipinski definition) is 5. The molecule has 0 saturated carbocycles. The van der Waals surface area contributed by atoms with Crippen LogP contribution in [-0.2, 0) is 26.0 Å². The highest BCUT2D eigenvalue weighted by atomic mass is 32.2. The number of piperazine rings is 1. The molecule has 0 aliphatic carbocycles. The Morgan fingerprint density at radius 1 is 1.40 bits per heavy atom. The van der Waals surface area contributed by atoms with E-state index in [-0.39, 0.29) is 5.03 Å². The zero-order chi connectivity index (χ0) is 15.1. The number of carbonyl (C=O) groups excluding carboxylic acids is 2. The zero-order valence-electron chi connectivity index (χ0n) is 11.4. The molecule has 0 aromatic carbocycles. The summed E-state index contributed by atoms with van der Waals surface area (Å²) in [6, 6.07) is 0. The highest BCUT2D eigenvalue weighted by Crippen LogP contribution is 2.26. The smallest absolute Gasteiger partial charge is 0.261 e. The second-order valence-electron chi connectivity index (χ2n) is 5.00. The number of aromatic nitrogens is 2. The monoisotopic (exact) mass is 300 g/mol. The molecule has 0 unspecified atom stereocenters. The van der Waals surface area contributed by atoms with Crippen LogP contribution in [0.3, 0.4) is 0 Å². The summed E-state index contributed by atoms with van der Waals surface area (Å²) in [5.41, 5.74) is -1.34. The Hall–Kier alpha value is -1.74. The minimum atomic E-state index is -3.99. The molecule has 2 N–H and O–H groups in total. The van der Waals surface area contributed by atoms with E-state index < -0.39 is 33.9 Å². The molecule has 0 atom stereocenters. The molecule has 1 aromatic rings. The second kappa shape index (κ2) is 4.67. The fourth-order valence-electron chi connectivity index (χ4n) is 1.92. The summed E-state index contributed by atoms with van der Waals surface area (Å²) in [5, 5.41) is 2.01. The van der Waals surface area contributed by atoms with Gasteiger partial charge in [-0.05, 0) is 13.8 Å². The highest BCUT2D eigenvalue weighted by molar-refractivity contribution is 7.89. The van der Waals surface area contributed by atoms with E-state index in [1.165, 1.54) is 20.0 Å². The summed E-state index contributed by atoms with van der Waals surface area (Å²) in [6.45, 7) is 4.32. The lowest BCUT2D eigenvalue weighted by atomic mass is 10.0. The fraction of sp³-hybridized carbons (Fsp3) is 0.545. The molecule has 110 valence electrons. The van der Waals surface area contributed by atoms with Crippen LogP contribution in [0, 0.1) is 0 Å². The van der Waals surface area contributed by atoms with E-state index in [0.29, 0.717) is 12.2 Å². The van der Waals surface area contributed by atoms with E-state index in [1.807, 2.05) is 6.92 Å². The van der Waals surface area contributed by atoms with Gasteiger partial charge in [0.25, 0.3) is 10.0 Å². The van der Waals surface area contributed by atoms with Crippen molar-refractivity contribution in [1.82, 2.24) is 19.6 Å². The molecule has 8 nitrogen and oxygen atoms in total. The van der Waals surface area contributed by atoms with Crippen molar-refractivity contribution in [3.63, 3.8) is 0 Å². The molecule has 1 aromatic heterocycles. The minimum absolute atomic E-state index is 0.120. The van der Waals surface area contributed by atoms with Crippen LogP contribution in [0.1, 0.15) is 26.6 Å². The third kappa shape index (κ3) is 2.22. The number of nitrogens with zero attached hydrogens (tertiary/aromatic N) is 2. The third-order valence-electron chi connectivity index (χ3n) is 3.23. The standard InChI is InChI=1S/C11H16N4O4S/c1-4-7-12-5-9(13-7)20(18,19)15-6-8(16)14-10(17)11(15,2)3/h5H,4,6H2,1-3H3,(H,12,13)(H,14,16,17). The van der Waals surface area contributed by atoms with Crippen LogP contribution < -0.4 is 5.32 Å². The summed E-state index contributed by atoms with van der Waals surface area (Å²) in [4.78, 5) is 29.9. The van der Waals surface area contributed by atoms with Crippen LogP contribution in [0.2, 0.25) is 0 Å². The molecule has 0 bridgehead atoms. The van der Waals surface area contributed by atoms with Crippen LogP contribution in [0.5, 0.6) is 0 Å². The Bertz CT molecular complexity index is 662. The summed E-state index contributed by atoms with van der Waals surface area (Å²) >= 11 is 0. The van der Waals surface area contributed by atoms with Gasteiger partial charge in [0.15, 0.2) is 5.03 Å². The third-order valence-corrected chi connectivity index (χ3v) is 5.16. The quantitative estimate of drug-likeness (QED) is 0.724. The van der Waals surface area contributed by atoms with Crippen molar-refractivity contribution in [3.8, 4) is 0 Å². The van der Waals surface area contributed by atoms with Crippen molar-refractivity contribution in [2.45, 2.75) is 37.8 Å². The van der Waals surface area contributed by atoms with Crippen molar-refractivity contribution in [3.05, 3.63) is 12.0 Å². The predicted octanol–water partition coefficient (Wildman–Crippen LogP) is -0.602. The molecular formula is C11H16N4O4S. The summed E-state index contributed by atoms with van der Waals surface area (Å²) in [5.74, 6) is -0.769. The maximum atomic E-state index is 12.5. The van der Waals surface area contributed by atoms with Gasteiger partial charge in [-0.2, -0.15) is 4.31 Å². The van der Waals surface area contributed by atoms with Gasteiger partial charge in [-0.25, -0.2) is 13.4 Å². The zero-order valence-corrected chi connectivity index (χ0v) is 12.2. The topological polar surface area (TPSA) is 112 Å². The van der Waals surface area contributed by atoms with Gasteiger partial charge in [0, 0.05) is 6.42 Å². The molecule has 1 aliphatic heterocycles. The van der Waals surface area contributed by atoms with Crippen LogP contribution in [0.15, 0.2) is 11.2 Å². The van der Waals surface area contributed by atoms with Gasteiger partial charge in [0.2, 0.25) is 11.8 Å². The van der Waals surface area contributed by atoms with E-state index in [1.54, 1.807) is 0 Å². The number of hydrogen-bond donors (Lipinski definition) is 2. The first-order valence-corrected chi connectivity index (χ1v) is 7.54. The lowest BCUT2D eigenvalue weighted by Crippen LogP contribution is -2.65. The number of sulfonamides is 1. The van der Waals surface area contributed by atoms with Crippen molar-refractivity contribution < 1.29 is 18.0 Å². The molecule has 1 fully saturated rings. The number of imidazole rings is 1. The van der Waals surface area contributed by atoms with E-state index >= 15 is 0 Å². The number of rotatable bonds is 3. The molecule has 2 rings (SSSR count). The fourth-order valence-corrected chi connectivity index (χ4v) is 3.56. The van der Waals surface area contributed by atoms with Crippen LogP contribution in [0.4, 0.5) is 0 Å². The van der Waals surface area contributed by atoms with Gasteiger partial charge >= 0.3 is 0 Å². The van der Waals surface area contributed by atoms with E-state index in [9.17, 15) is 18.0 Å². The Labute approximate surface area is 116 Å². The minimum Gasteiger partial charge on any atom is -0.332 e. The number of H-pyrrole nitrogens is 1. The molecule has 0 spiro atoms. The molecule has 0 radical (unpaired) electrons. The van der Waals surface area contributed by atoms with E-state index in [0.717, 1.165) is 4.31 Å². The van der Waals surface area contributed by atoms with Crippen LogP contribution in [0.25, 0.3) is 0 Å². The Morgan fingerprint density at radius 2 is 2.05 bits per heavy atom. The number of amides is 2. The number of carbonyl (C=O) groups is 2. The van der Waals surface area contributed by atoms with Gasteiger partial charge in [-0.15, -0.1) is 0 Å². The van der Waals surface area contributed by atoms with Gasteiger partial charge < -0.3 is 4.98 Å². The maximum absolute atomic E-state index is 12.5. The van der Waals surface area contributed by atoms with Crippen LogP contribution >= 0.6 is 0 Å². The van der Waals surface area contributed by atoms with Gasteiger partial charge in [0.05, 0.1) is 12.7 Å². The summed E-state index contributed by atoms with van der Waals surface area (Å²) in [6.07, 6.45) is 1.75. The van der Waals surface area contributed by atoms with Crippen molar-refractivity contribution >= 4 is 21.8 Å². The number of imide groups is 1. The molecule has 9 heteroatoms. The number of aromatic amines is 1. The summed E-state index contributed by atoms with van der Waals surface area (Å²) < 4.78 is 26.0. The molecule has 1 aliphatic rings. The normalized spacial score (nSPS) is 19.9. The molecule has 2 amide bonds. The number of aryl methyl sites for hydroxylation is 1. The first-order chi connectivity index (χ1) is 9.19. The maximum Gasteiger partial charge on any atom is 0.261 e. The second-order valence-corrected chi connectivity index (χ2v) is 6.83. The molecule has 20 heavy (non-hydrogen) atoms. The highest BCUT2D eigenvalue weighted by Gasteiger charge is 2.48. The SMILES string of the molecule is CCc1ncc(S(=O)(=O)N2CC(=O)NC(=O)C2(C)C)[nH]1.